The van der Waals surface area contributed by atoms with Gasteiger partial charge in [-0.25, -0.2) is 0 Å². The van der Waals surface area contributed by atoms with E-state index in [1.807, 2.05) is 7.11 Å². The van der Waals surface area contributed by atoms with Crippen molar-refractivity contribution in [3.05, 3.63) is 0 Å². The number of ether oxygens (including phenoxy) is 1. The third kappa shape index (κ3) is 4.97. The largest absolute Gasteiger partial charge is 0.381 e. The fourth-order valence-corrected chi connectivity index (χ4v) is 3.05. The van der Waals surface area contributed by atoms with Gasteiger partial charge in [0.25, 0.3) is 0 Å². The lowest BCUT2D eigenvalue weighted by molar-refractivity contribution is 0.0613. The molecule has 1 rings (SSSR count). The monoisotopic (exact) mass is 241 g/mol. The van der Waals surface area contributed by atoms with E-state index in [4.69, 9.17) is 4.74 Å². The van der Waals surface area contributed by atoms with Crippen LogP contribution in [-0.2, 0) is 4.74 Å². The van der Waals surface area contributed by atoms with Gasteiger partial charge in [-0.1, -0.05) is 27.7 Å². The average Bonchev–Trinajstić information content (AvgIpc) is 2.29. The van der Waals surface area contributed by atoms with E-state index < -0.39 is 0 Å². The molecule has 1 aliphatic carbocycles. The first-order chi connectivity index (χ1) is 8.04. The highest BCUT2D eigenvalue weighted by molar-refractivity contribution is 4.79. The highest BCUT2D eigenvalue weighted by Gasteiger charge is 2.23. The molecule has 2 nitrogen and oxygen atoms in total. The summed E-state index contributed by atoms with van der Waals surface area (Å²) in [6.45, 7) is 10.5. The van der Waals surface area contributed by atoms with Crippen molar-refractivity contribution >= 4 is 0 Å². The predicted octanol–water partition coefficient (Wildman–Crippen LogP) is 3.46. The van der Waals surface area contributed by atoms with Crippen LogP contribution in [0.15, 0.2) is 0 Å². The maximum Gasteiger partial charge on any atom is 0.0572 e. The first kappa shape index (κ1) is 15.0. The van der Waals surface area contributed by atoms with Gasteiger partial charge in [-0.05, 0) is 50.0 Å². The van der Waals surface area contributed by atoms with Crippen LogP contribution in [0.1, 0.15) is 53.4 Å². The lowest BCUT2D eigenvalue weighted by Crippen LogP contribution is -2.39. The molecule has 0 saturated heterocycles. The Morgan fingerprint density at radius 1 is 1.00 bits per heavy atom. The molecule has 0 aromatic carbocycles. The average molecular weight is 241 g/mol. The topological polar surface area (TPSA) is 21.3 Å². The summed E-state index contributed by atoms with van der Waals surface area (Å²) in [7, 11) is 1.84. The minimum Gasteiger partial charge on any atom is -0.381 e. The summed E-state index contributed by atoms with van der Waals surface area (Å²) in [5.41, 5.74) is 0. The highest BCUT2D eigenvalue weighted by Crippen LogP contribution is 2.23. The Morgan fingerprint density at radius 2 is 1.53 bits per heavy atom. The van der Waals surface area contributed by atoms with Crippen LogP contribution in [0.5, 0.6) is 0 Å². The van der Waals surface area contributed by atoms with E-state index in [-0.39, 0.29) is 0 Å². The van der Waals surface area contributed by atoms with Crippen molar-refractivity contribution in [1.82, 2.24) is 5.32 Å². The molecule has 1 N–H and O–H groups in total. The molecule has 0 aromatic heterocycles. The summed E-state index contributed by atoms with van der Waals surface area (Å²) in [5.74, 6) is 2.35. The standard InChI is InChI=1S/C15H31NO/c1-11(2)15(12(3)4)10-16-13-6-8-14(17-5)9-7-13/h11-16H,6-10H2,1-5H3. The number of hydrogen-bond acceptors (Lipinski definition) is 2. The van der Waals surface area contributed by atoms with Gasteiger partial charge in [-0.3, -0.25) is 0 Å². The van der Waals surface area contributed by atoms with E-state index in [0.29, 0.717) is 6.10 Å². The van der Waals surface area contributed by atoms with E-state index in [2.05, 4.69) is 33.0 Å². The molecule has 0 spiro atoms. The van der Waals surface area contributed by atoms with Gasteiger partial charge in [0.2, 0.25) is 0 Å². The first-order valence-corrected chi connectivity index (χ1v) is 7.30. The summed E-state index contributed by atoms with van der Waals surface area (Å²) in [6, 6.07) is 0.724. The quantitative estimate of drug-likeness (QED) is 0.769. The first-order valence-electron chi connectivity index (χ1n) is 7.30. The minimum atomic E-state index is 0.513. The molecule has 0 aliphatic heterocycles. The third-order valence-corrected chi connectivity index (χ3v) is 4.36. The smallest absolute Gasteiger partial charge is 0.0572 e. The Bertz CT molecular complexity index is 187. The zero-order chi connectivity index (χ0) is 12.8. The lowest BCUT2D eigenvalue weighted by atomic mass is 9.84. The van der Waals surface area contributed by atoms with Gasteiger partial charge in [0.1, 0.15) is 0 Å². The van der Waals surface area contributed by atoms with Crippen molar-refractivity contribution < 1.29 is 4.74 Å². The van der Waals surface area contributed by atoms with Crippen molar-refractivity contribution in [3.63, 3.8) is 0 Å². The fraction of sp³-hybridized carbons (Fsp3) is 1.00. The molecule has 2 heteroatoms. The molecule has 0 amide bonds. The normalized spacial score (nSPS) is 26.1. The molecule has 17 heavy (non-hydrogen) atoms. The van der Waals surface area contributed by atoms with Gasteiger partial charge >= 0.3 is 0 Å². The van der Waals surface area contributed by atoms with Gasteiger partial charge < -0.3 is 10.1 Å². The van der Waals surface area contributed by atoms with Gasteiger partial charge in [0, 0.05) is 13.2 Å². The van der Waals surface area contributed by atoms with Crippen molar-refractivity contribution in [2.24, 2.45) is 17.8 Å². The van der Waals surface area contributed by atoms with Crippen LogP contribution < -0.4 is 5.32 Å². The maximum atomic E-state index is 5.41. The Kier molecular flexibility index (Phi) is 6.50. The van der Waals surface area contributed by atoms with E-state index in [0.717, 1.165) is 23.8 Å². The van der Waals surface area contributed by atoms with Crippen LogP contribution in [0.3, 0.4) is 0 Å². The SMILES string of the molecule is COC1CCC(NCC(C(C)C)C(C)C)CC1. The Balaban J connectivity index is 2.26. The van der Waals surface area contributed by atoms with Gasteiger partial charge in [0.15, 0.2) is 0 Å². The second-order valence-corrected chi connectivity index (χ2v) is 6.27. The molecule has 0 unspecified atom stereocenters. The number of hydrogen-bond donors (Lipinski definition) is 1. The summed E-state index contributed by atoms with van der Waals surface area (Å²) < 4.78 is 5.41. The van der Waals surface area contributed by atoms with Crippen molar-refractivity contribution in [3.8, 4) is 0 Å². The predicted molar refractivity (Wildman–Crippen MR) is 74.2 cm³/mol. The van der Waals surface area contributed by atoms with Crippen molar-refractivity contribution in [1.29, 1.82) is 0 Å². The maximum absolute atomic E-state index is 5.41. The third-order valence-electron chi connectivity index (χ3n) is 4.36. The second-order valence-electron chi connectivity index (χ2n) is 6.27. The van der Waals surface area contributed by atoms with Gasteiger partial charge in [-0.2, -0.15) is 0 Å². The van der Waals surface area contributed by atoms with Crippen LogP contribution in [-0.4, -0.2) is 25.8 Å². The number of methoxy groups -OCH3 is 1. The number of rotatable bonds is 6. The summed E-state index contributed by atoms with van der Waals surface area (Å²) in [6.07, 6.45) is 5.52. The molecule has 0 bridgehead atoms. The van der Waals surface area contributed by atoms with E-state index in [9.17, 15) is 0 Å². The van der Waals surface area contributed by atoms with Gasteiger partial charge in [0.05, 0.1) is 6.10 Å². The Hall–Kier alpha value is -0.0800. The molecule has 102 valence electrons. The fourth-order valence-electron chi connectivity index (χ4n) is 3.05. The molecule has 0 aromatic rings. The molecule has 1 fully saturated rings. The Morgan fingerprint density at radius 3 is 1.94 bits per heavy atom. The van der Waals surface area contributed by atoms with Gasteiger partial charge in [-0.15, -0.1) is 0 Å². The summed E-state index contributed by atoms with van der Waals surface area (Å²) in [4.78, 5) is 0. The van der Waals surface area contributed by atoms with E-state index >= 15 is 0 Å². The van der Waals surface area contributed by atoms with Crippen LogP contribution in [0.2, 0.25) is 0 Å². The molecule has 0 radical (unpaired) electrons. The number of nitrogens with one attached hydrogen (secondary N) is 1. The van der Waals surface area contributed by atoms with Crippen molar-refractivity contribution in [2.75, 3.05) is 13.7 Å². The van der Waals surface area contributed by atoms with E-state index in [1.54, 1.807) is 0 Å². The molecule has 1 saturated carbocycles. The van der Waals surface area contributed by atoms with E-state index in [1.165, 1.54) is 32.2 Å². The minimum absolute atomic E-state index is 0.513. The van der Waals surface area contributed by atoms with Crippen LogP contribution >= 0.6 is 0 Å². The highest BCUT2D eigenvalue weighted by atomic mass is 16.5. The Labute approximate surface area is 108 Å². The zero-order valence-corrected chi connectivity index (χ0v) is 12.3. The molecular formula is C15H31NO. The van der Waals surface area contributed by atoms with Crippen molar-refractivity contribution in [2.45, 2.75) is 65.5 Å². The molecule has 1 aliphatic rings. The molecule has 0 heterocycles. The zero-order valence-electron chi connectivity index (χ0n) is 12.3. The van der Waals surface area contributed by atoms with Crippen LogP contribution in [0.4, 0.5) is 0 Å². The summed E-state index contributed by atoms with van der Waals surface area (Å²) in [5, 5.41) is 3.77. The summed E-state index contributed by atoms with van der Waals surface area (Å²) >= 11 is 0. The molecule has 0 atom stereocenters. The van der Waals surface area contributed by atoms with Crippen LogP contribution in [0.25, 0.3) is 0 Å². The van der Waals surface area contributed by atoms with Crippen LogP contribution in [0, 0.1) is 17.8 Å². The lowest BCUT2D eigenvalue weighted by Gasteiger charge is -2.32. The second kappa shape index (κ2) is 7.38. The molecular weight excluding hydrogens is 210 g/mol.